The zero-order valence-electron chi connectivity index (χ0n) is 12.4. The summed E-state index contributed by atoms with van der Waals surface area (Å²) in [6, 6.07) is 8.35. The van der Waals surface area contributed by atoms with Gasteiger partial charge < -0.3 is 15.0 Å². The van der Waals surface area contributed by atoms with Crippen molar-refractivity contribution in [3.63, 3.8) is 0 Å². The van der Waals surface area contributed by atoms with E-state index in [2.05, 4.69) is 12.2 Å². The summed E-state index contributed by atoms with van der Waals surface area (Å²) in [4.78, 5) is 14.4. The molecule has 0 atom stereocenters. The van der Waals surface area contributed by atoms with Crippen LogP contribution in [0.25, 0.3) is 0 Å². The smallest absolute Gasteiger partial charge is 0.224 e. The first-order chi connectivity index (χ1) is 9.76. The van der Waals surface area contributed by atoms with E-state index in [1.807, 2.05) is 29.2 Å². The second-order valence-corrected chi connectivity index (χ2v) is 5.17. The molecule has 20 heavy (non-hydrogen) atoms. The lowest BCUT2D eigenvalue weighted by atomic mass is 10.1. The molecule has 1 aromatic carbocycles. The SMILES string of the molecule is CCNCCC(=O)N(Cc1ccccc1OC)C1CC1. The molecule has 0 unspecified atom stereocenters. The van der Waals surface area contributed by atoms with Gasteiger partial charge in [-0.2, -0.15) is 0 Å². The molecule has 0 aliphatic heterocycles. The quantitative estimate of drug-likeness (QED) is 0.740. The van der Waals surface area contributed by atoms with Crippen LogP contribution in [-0.2, 0) is 11.3 Å². The monoisotopic (exact) mass is 276 g/mol. The van der Waals surface area contributed by atoms with Crippen molar-refractivity contribution in [2.45, 2.75) is 38.8 Å². The number of hydrogen-bond donors (Lipinski definition) is 1. The third-order valence-electron chi connectivity index (χ3n) is 3.61. The summed E-state index contributed by atoms with van der Waals surface area (Å²) in [7, 11) is 1.67. The van der Waals surface area contributed by atoms with Gasteiger partial charge in [-0.05, 0) is 25.5 Å². The van der Waals surface area contributed by atoms with Gasteiger partial charge in [0.25, 0.3) is 0 Å². The van der Waals surface area contributed by atoms with Crippen LogP contribution in [-0.4, -0.2) is 37.0 Å². The number of ether oxygens (including phenoxy) is 1. The van der Waals surface area contributed by atoms with Crippen LogP contribution in [0, 0.1) is 0 Å². The lowest BCUT2D eigenvalue weighted by molar-refractivity contribution is -0.132. The second-order valence-electron chi connectivity index (χ2n) is 5.17. The number of nitrogens with zero attached hydrogens (tertiary/aromatic N) is 1. The molecular weight excluding hydrogens is 252 g/mol. The summed E-state index contributed by atoms with van der Waals surface area (Å²) < 4.78 is 5.37. The molecule has 0 radical (unpaired) electrons. The molecule has 4 heteroatoms. The Hall–Kier alpha value is -1.55. The molecule has 1 saturated carbocycles. The number of carbonyl (C=O) groups excluding carboxylic acids is 1. The number of nitrogens with one attached hydrogen (secondary N) is 1. The standard InChI is InChI=1S/C16H24N2O2/c1-3-17-11-10-16(19)18(14-8-9-14)12-13-6-4-5-7-15(13)20-2/h4-7,14,17H,3,8-12H2,1-2H3. The topological polar surface area (TPSA) is 41.6 Å². The van der Waals surface area contributed by atoms with Gasteiger partial charge in [0, 0.05) is 31.1 Å². The normalized spacial score (nSPS) is 14.1. The van der Waals surface area contributed by atoms with E-state index in [0.29, 0.717) is 19.0 Å². The van der Waals surface area contributed by atoms with E-state index in [-0.39, 0.29) is 5.91 Å². The number of methoxy groups -OCH3 is 1. The Labute approximate surface area is 121 Å². The Kier molecular flexibility index (Phi) is 5.41. The minimum absolute atomic E-state index is 0.236. The first kappa shape index (κ1) is 14.9. The molecule has 0 saturated heterocycles. The Bertz CT molecular complexity index is 444. The molecule has 1 aliphatic carbocycles. The predicted molar refractivity (Wildman–Crippen MR) is 79.7 cm³/mol. The van der Waals surface area contributed by atoms with Crippen LogP contribution in [0.3, 0.4) is 0 Å². The number of carbonyl (C=O) groups is 1. The molecule has 2 rings (SSSR count). The largest absolute Gasteiger partial charge is 0.496 e. The Morgan fingerprint density at radius 1 is 1.40 bits per heavy atom. The van der Waals surface area contributed by atoms with Gasteiger partial charge in [0.05, 0.1) is 7.11 Å². The summed E-state index contributed by atoms with van der Waals surface area (Å²) in [5.74, 6) is 1.09. The van der Waals surface area contributed by atoms with Crippen LogP contribution in [0.2, 0.25) is 0 Å². The van der Waals surface area contributed by atoms with E-state index >= 15 is 0 Å². The zero-order valence-corrected chi connectivity index (χ0v) is 12.4. The van der Waals surface area contributed by atoms with Crippen molar-refractivity contribution >= 4 is 5.91 Å². The summed E-state index contributed by atoms with van der Waals surface area (Å²) in [5.41, 5.74) is 1.08. The predicted octanol–water partition coefficient (Wildman–Crippen LogP) is 2.19. The molecule has 1 aromatic rings. The minimum atomic E-state index is 0.236. The van der Waals surface area contributed by atoms with Gasteiger partial charge in [0.2, 0.25) is 5.91 Å². The van der Waals surface area contributed by atoms with E-state index in [0.717, 1.165) is 37.2 Å². The highest BCUT2D eigenvalue weighted by atomic mass is 16.5. The van der Waals surface area contributed by atoms with Gasteiger partial charge in [-0.1, -0.05) is 25.1 Å². The van der Waals surface area contributed by atoms with Crippen LogP contribution in [0.1, 0.15) is 31.7 Å². The highest BCUT2D eigenvalue weighted by molar-refractivity contribution is 5.77. The maximum absolute atomic E-state index is 12.3. The highest BCUT2D eigenvalue weighted by Gasteiger charge is 2.32. The summed E-state index contributed by atoms with van der Waals surface area (Å²) in [5, 5.41) is 3.21. The fourth-order valence-corrected chi connectivity index (χ4v) is 2.34. The van der Waals surface area contributed by atoms with Gasteiger partial charge in [-0.15, -0.1) is 0 Å². The molecule has 1 N–H and O–H groups in total. The second kappa shape index (κ2) is 7.29. The highest BCUT2D eigenvalue weighted by Crippen LogP contribution is 2.30. The lowest BCUT2D eigenvalue weighted by Gasteiger charge is -2.23. The third kappa shape index (κ3) is 3.97. The average Bonchev–Trinajstić information content (AvgIpc) is 3.29. The number of rotatable bonds is 8. The molecule has 1 amide bonds. The fraction of sp³-hybridized carbons (Fsp3) is 0.562. The molecule has 0 bridgehead atoms. The van der Waals surface area contributed by atoms with Gasteiger partial charge in [0.15, 0.2) is 0 Å². The maximum Gasteiger partial charge on any atom is 0.224 e. The Balaban J connectivity index is 2.00. The third-order valence-corrected chi connectivity index (χ3v) is 3.61. The molecule has 0 heterocycles. The fourth-order valence-electron chi connectivity index (χ4n) is 2.34. The van der Waals surface area contributed by atoms with Crippen molar-refractivity contribution in [2.75, 3.05) is 20.2 Å². The Morgan fingerprint density at radius 3 is 2.80 bits per heavy atom. The zero-order chi connectivity index (χ0) is 14.4. The van der Waals surface area contributed by atoms with Crippen molar-refractivity contribution < 1.29 is 9.53 Å². The number of benzene rings is 1. The molecule has 4 nitrogen and oxygen atoms in total. The molecule has 1 aliphatic rings. The van der Waals surface area contributed by atoms with Crippen LogP contribution < -0.4 is 10.1 Å². The lowest BCUT2D eigenvalue weighted by Crippen LogP contribution is -2.34. The van der Waals surface area contributed by atoms with E-state index < -0.39 is 0 Å². The van der Waals surface area contributed by atoms with E-state index in [4.69, 9.17) is 4.74 Å². The minimum Gasteiger partial charge on any atom is -0.496 e. The van der Waals surface area contributed by atoms with Gasteiger partial charge >= 0.3 is 0 Å². The van der Waals surface area contributed by atoms with Gasteiger partial charge in [-0.25, -0.2) is 0 Å². The number of hydrogen-bond acceptors (Lipinski definition) is 3. The van der Waals surface area contributed by atoms with Gasteiger partial charge in [-0.3, -0.25) is 4.79 Å². The number of amides is 1. The van der Waals surface area contributed by atoms with Gasteiger partial charge in [0.1, 0.15) is 5.75 Å². The number of para-hydroxylation sites is 1. The summed E-state index contributed by atoms with van der Waals surface area (Å²) in [6.07, 6.45) is 2.82. The van der Waals surface area contributed by atoms with Crippen molar-refractivity contribution in [1.29, 1.82) is 0 Å². The van der Waals surface area contributed by atoms with E-state index in [9.17, 15) is 4.79 Å². The molecule has 110 valence electrons. The van der Waals surface area contributed by atoms with Crippen molar-refractivity contribution in [1.82, 2.24) is 10.2 Å². The van der Waals surface area contributed by atoms with Crippen LogP contribution in [0.5, 0.6) is 5.75 Å². The van der Waals surface area contributed by atoms with Crippen LogP contribution >= 0.6 is 0 Å². The van der Waals surface area contributed by atoms with Crippen molar-refractivity contribution in [2.24, 2.45) is 0 Å². The van der Waals surface area contributed by atoms with E-state index in [1.165, 1.54) is 0 Å². The van der Waals surface area contributed by atoms with Crippen molar-refractivity contribution in [3.8, 4) is 5.75 Å². The molecular formula is C16H24N2O2. The maximum atomic E-state index is 12.3. The van der Waals surface area contributed by atoms with Crippen LogP contribution in [0.15, 0.2) is 24.3 Å². The Morgan fingerprint density at radius 2 is 2.15 bits per heavy atom. The first-order valence-electron chi connectivity index (χ1n) is 7.38. The average molecular weight is 276 g/mol. The molecule has 0 aromatic heterocycles. The van der Waals surface area contributed by atoms with E-state index in [1.54, 1.807) is 7.11 Å². The van der Waals surface area contributed by atoms with Crippen LogP contribution in [0.4, 0.5) is 0 Å². The molecule has 0 spiro atoms. The molecule has 1 fully saturated rings. The summed E-state index contributed by atoms with van der Waals surface area (Å²) >= 11 is 0. The van der Waals surface area contributed by atoms with Crippen molar-refractivity contribution in [3.05, 3.63) is 29.8 Å². The summed E-state index contributed by atoms with van der Waals surface area (Å²) in [6.45, 7) is 4.37. The first-order valence-corrected chi connectivity index (χ1v) is 7.38.